The first-order valence-electron chi connectivity index (χ1n) is 6.20. The van der Waals surface area contributed by atoms with E-state index in [-0.39, 0.29) is 5.54 Å². The topological polar surface area (TPSA) is 29.3 Å². The smallest absolute Gasteiger partial charge is 0.0455 e. The molecule has 0 radical (unpaired) electrons. The second kappa shape index (κ2) is 4.51. The molecule has 2 rings (SSSR count). The molecule has 94 valence electrons. The van der Waals surface area contributed by atoms with Crippen LogP contribution in [0.25, 0.3) is 0 Å². The standard InChI is InChI=1S/C14H21ClN2/c1-10-4-5-12(8-13(10)15)17-7-6-11(9-16)14(17,2)3/h4-5,8,11H,6-7,9,16H2,1-3H3. The van der Waals surface area contributed by atoms with Crippen molar-refractivity contribution in [2.45, 2.75) is 32.7 Å². The average molecular weight is 253 g/mol. The summed E-state index contributed by atoms with van der Waals surface area (Å²) in [6.45, 7) is 8.39. The van der Waals surface area contributed by atoms with E-state index in [1.54, 1.807) is 0 Å². The van der Waals surface area contributed by atoms with Crippen LogP contribution in [0.2, 0.25) is 5.02 Å². The molecule has 1 aliphatic rings. The summed E-state index contributed by atoms with van der Waals surface area (Å²) in [6, 6.07) is 6.31. The highest BCUT2D eigenvalue weighted by molar-refractivity contribution is 6.31. The molecule has 2 nitrogen and oxygen atoms in total. The lowest BCUT2D eigenvalue weighted by Crippen LogP contribution is -2.44. The fourth-order valence-corrected chi connectivity index (χ4v) is 2.94. The van der Waals surface area contributed by atoms with Gasteiger partial charge in [-0.25, -0.2) is 0 Å². The predicted octanol–water partition coefficient (Wildman–Crippen LogP) is 3.21. The molecule has 1 fully saturated rings. The molecule has 0 bridgehead atoms. The van der Waals surface area contributed by atoms with Gasteiger partial charge < -0.3 is 10.6 Å². The lowest BCUT2D eigenvalue weighted by atomic mass is 9.88. The van der Waals surface area contributed by atoms with E-state index in [9.17, 15) is 0 Å². The second-order valence-electron chi connectivity index (χ2n) is 5.46. The molecule has 1 aromatic rings. The summed E-state index contributed by atoms with van der Waals surface area (Å²) in [7, 11) is 0. The van der Waals surface area contributed by atoms with Crippen molar-refractivity contribution in [2.24, 2.45) is 11.7 Å². The Bertz CT molecular complexity index is 415. The van der Waals surface area contributed by atoms with Gasteiger partial charge in [0.25, 0.3) is 0 Å². The molecule has 1 unspecified atom stereocenters. The zero-order chi connectivity index (χ0) is 12.6. The summed E-state index contributed by atoms with van der Waals surface area (Å²) in [5.41, 5.74) is 8.31. The van der Waals surface area contributed by atoms with Crippen molar-refractivity contribution in [3.05, 3.63) is 28.8 Å². The zero-order valence-corrected chi connectivity index (χ0v) is 11.6. The molecule has 1 aromatic carbocycles. The van der Waals surface area contributed by atoms with Crippen LogP contribution in [0.1, 0.15) is 25.8 Å². The molecule has 0 aromatic heterocycles. The predicted molar refractivity (Wildman–Crippen MR) is 74.8 cm³/mol. The van der Waals surface area contributed by atoms with Gasteiger partial charge in [-0.2, -0.15) is 0 Å². The number of hydrogen-bond donors (Lipinski definition) is 1. The normalized spacial score (nSPS) is 23.1. The molecule has 1 aliphatic heterocycles. The van der Waals surface area contributed by atoms with Gasteiger partial charge >= 0.3 is 0 Å². The number of hydrogen-bond acceptors (Lipinski definition) is 2. The van der Waals surface area contributed by atoms with E-state index in [2.05, 4.69) is 36.9 Å². The number of nitrogens with two attached hydrogens (primary N) is 1. The quantitative estimate of drug-likeness (QED) is 0.876. The molecule has 2 N–H and O–H groups in total. The van der Waals surface area contributed by atoms with Crippen molar-refractivity contribution in [3.63, 3.8) is 0 Å². The third kappa shape index (κ3) is 2.16. The number of halogens is 1. The van der Waals surface area contributed by atoms with Crippen molar-refractivity contribution in [2.75, 3.05) is 18.0 Å². The molecule has 0 saturated carbocycles. The van der Waals surface area contributed by atoms with Crippen LogP contribution in [0.5, 0.6) is 0 Å². The van der Waals surface area contributed by atoms with E-state index in [4.69, 9.17) is 17.3 Å². The van der Waals surface area contributed by atoms with Crippen LogP contribution >= 0.6 is 11.6 Å². The summed E-state index contributed by atoms with van der Waals surface area (Å²) in [6.07, 6.45) is 1.16. The largest absolute Gasteiger partial charge is 0.366 e. The van der Waals surface area contributed by atoms with Gasteiger partial charge in [0.1, 0.15) is 0 Å². The van der Waals surface area contributed by atoms with Gasteiger partial charge in [-0.05, 0) is 57.4 Å². The van der Waals surface area contributed by atoms with E-state index in [0.29, 0.717) is 5.92 Å². The van der Waals surface area contributed by atoms with E-state index in [1.807, 2.05) is 6.92 Å². The fourth-order valence-electron chi connectivity index (χ4n) is 2.76. The molecular weight excluding hydrogens is 232 g/mol. The van der Waals surface area contributed by atoms with Crippen molar-refractivity contribution in [1.82, 2.24) is 0 Å². The maximum Gasteiger partial charge on any atom is 0.0455 e. The van der Waals surface area contributed by atoms with Gasteiger partial charge in [-0.3, -0.25) is 0 Å². The van der Waals surface area contributed by atoms with E-state index < -0.39 is 0 Å². The van der Waals surface area contributed by atoms with Crippen molar-refractivity contribution in [3.8, 4) is 0 Å². The molecule has 0 aliphatic carbocycles. The summed E-state index contributed by atoms with van der Waals surface area (Å²) in [5.74, 6) is 0.558. The molecule has 0 amide bonds. The Morgan fingerprint density at radius 3 is 2.71 bits per heavy atom. The average Bonchev–Trinajstić information content (AvgIpc) is 2.57. The number of nitrogens with zero attached hydrogens (tertiary/aromatic N) is 1. The maximum absolute atomic E-state index is 6.20. The van der Waals surface area contributed by atoms with Crippen LogP contribution in [0.4, 0.5) is 5.69 Å². The van der Waals surface area contributed by atoms with Crippen LogP contribution in [-0.2, 0) is 0 Å². The lowest BCUT2D eigenvalue weighted by molar-refractivity contribution is 0.374. The van der Waals surface area contributed by atoms with Gasteiger partial charge in [0.2, 0.25) is 0 Å². The van der Waals surface area contributed by atoms with Crippen molar-refractivity contribution >= 4 is 17.3 Å². The van der Waals surface area contributed by atoms with Gasteiger partial charge in [0.15, 0.2) is 0 Å². The summed E-state index contributed by atoms with van der Waals surface area (Å²) >= 11 is 6.20. The second-order valence-corrected chi connectivity index (χ2v) is 5.87. The Kier molecular flexibility index (Phi) is 3.37. The number of rotatable bonds is 2. The summed E-state index contributed by atoms with van der Waals surface area (Å²) in [4.78, 5) is 2.43. The van der Waals surface area contributed by atoms with Gasteiger partial charge in [-0.15, -0.1) is 0 Å². The molecule has 3 heteroatoms. The summed E-state index contributed by atoms with van der Waals surface area (Å²) < 4.78 is 0. The highest BCUT2D eigenvalue weighted by Gasteiger charge is 2.40. The molecular formula is C14H21ClN2. The fraction of sp³-hybridized carbons (Fsp3) is 0.571. The Labute approximate surface area is 109 Å². The van der Waals surface area contributed by atoms with Crippen LogP contribution in [-0.4, -0.2) is 18.6 Å². The van der Waals surface area contributed by atoms with Crippen LogP contribution in [0, 0.1) is 12.8 Å². The van der Waals surface area contributed by atoms with Gasteiger partial charge in [0, 0.05) is 22.8 Å². The van der Waals surface area contributed by atoms with Crippen molar-refractivity contribution in [1.29, 1.82) is 0 Å². The first kappa shape index (κ1) is 12.7. The van der Waals surface area contributed by atoms with Crippen LogP contribution in [0.3, 0.4) is 0 Å². The van der Waals surface area contributed by atoms with Crippen LogP contribution in [0.15, 0.2) is 18.2 Å². The maximum atomic E-state index is 6.20. The van der Waals surface area contributed by atoms with Gasteiger partial charge in [-0.1, -0.05) is 17.7 Å². The Hall–Kier alpha value is -0.730. The Morgan fingerprint density at radius 2 is 2.18 bits per heavy atom. The van der Waals surface area contributed by atoms with E-state index >= 15 is 0 Å². The van der Waals surface area contributed by atoms with Crippen LogP contribution < -0.4 is 10.6 Å². The minimum Gasteiger partial charge on any atom is -0.366 e. The number of anilines is 1. The zero-order valence-electron chi connectivity index (χ0n) is 10.8. The van der Waals surface area contributed by atoms with E-state index in [0.717, 1.165) is 30.1 Å². The highest BCUT2D eigenvalue weighted by Crippen LogP contribution is 2.38. The number of aryl methyl sites for hydroxylation is 1. The van der Waals surface area contributed by atoms with Gasteiger partial charge in [0.05, 0.1) is 0 Å². The Balaban J connectivity index is 2.32. The monoisotopic (exact) mass is 252 g/mol. The van der Waals surface area contributed by atoms with E-state index in [1.165, 1.54) is 5.69 Å². The third-order valence-corrected chi connectivity index (χ3v) is 4.55. The Morgan fingerprint density at radius 1 is 1.47 bits per heavy atom. The lowest BCUT2D eigenvalue weighted by Gasteiger charge is -2.37. The minimum absolute atomic E-state index is 0.118. The first-order chi connectivity index (χ1) is 7.96. The van der Waals surface area contributed by atoms with Crippen molar-refractivity contribution < 1.29 is 0 Å². The molecule has 17 heavy (non-hydrogen) atoms. The third-order valence-electron chi connectivity index (χ3n) is 4.15. The SMILES string of the molecule is Cc1ccc(N2CCC(CN)C2(C)C)cc1Cl. The summed E-state index contributed by atoms with van der Waals surface area (Å²) in [5, 5.41) is 0.842. The number of benzene rings is 1. The molecule has 1 saturated heterocycles. The molecule has 1 heterocycles. The highest BCUT2D eigenvalue weighted by atomic mass is 35.5. The molecule has 1 atom stereocenters. The first-order valence-corrected chi connectivity index (χ1v) is 6.58. The minimum atomic E-state index is 0.118. The molecule has 0 spiro atoms.